The highest BCUT2D eigenvalue weighted by Gasteiger charge is 2.38. The van der Waals surface area contributed by atoms with Crippen molar-refractivity contribution in [3.8, 4) is 11.3 Å². The zero-order chi connectivity index (χ0) is 13.3. The van der Waals surface area contributed by atoms with Gasteiger partial charge in [-0.15, -0.1) is 11.3 Å². The summed E-state index contributed by atoms with van der Waals surface area (Å²) < 4.78 is 14.5. The van der Waals surface area contributed by atoms with Gasteiger partial charge in [-0.25, -0.2) is 9.37 Å². The van der Waals surface area contributed by atoms with Crippen molar-refractivity contribution in [3.05, 3.63) is 40.7 Å². The maximum atomic E-state index is 14.5. The lowest BCUT2D eigenvalue weighted by Gasteiger charge is -2.17. The van der Waals surface area contributed by atoms with Gasteiger partial charge in [0.1, 0.15) is 5.67 Å². The summed E-state index contributed by atoms with van der Waals surface area (Å²) in [5, 5.41) is 2.87. The van der Waals surface area contributed by atoms with Gasteiger partial charge in [0.15, 0.2) is 0 Å². The van der Waals surface area contributed by atoms with Crippen LogP contribution in [0.5, 0.6) is 0 Å². The molecule has 1 aliphatic carbocycles. The molecule has 19 heavy (non-hydrogen) atoms. The Morgan fingerprint density at radius 1 is 1.37 bits per heavy atom. The third-order valence-electron chi connectivity index (χ3n) is 3.68. The number of nitrogens with two attached hydrogens (primary N) is 1. The number of nitrogens with zero attached hydrogens (tertiary/aromatic N) is 1. The first-order chi connectivity index (χ1) is 9.15. The predicted molar refractivity (Wildman–Crippen MR) is 76.9 cm³/mol. The number of alkyl halides is 1. The number of benzene rings is 1. The van der Waals surface area contributed by atoms with Gasteiger partial charge in [-0.2, -0.15) is 0 Å². The monoisotopic (exact) mass is 276 g/mol. The summed E-state index contributed by atoms with van der Waals surface area (Å²) >= 11 is 1.54. The fourth-order valence-electron chi connectivity index (χ4n) is 2.68. The van der Waals surface area contributed by atoms with Crippen LogP contribution in [0.3, 0.4) is 0 Å². The van der Waals surface area contributed by atoms with Crippen LogP contribution >= 0.6 is 11.3 Å². The van der Waals surface area contributed by atoms with Crippen molar-refractivity contribution in [1.29, 1.82) is 0 Å². The third kappa shape index (κ3) is 2.85. The summed E-state index contributed by atoms with van der Waals surface area (Å²) in [5.74, 6) is 0. The highest BCUT2D eigenvalue weighted by Crippen LogP contribution is 2.37. The molecule has 0 saturated heterocycles. The summed E-state index contributed by atoms with van der Waals surface area (Å²) in [4.78, 5) is 4.55. The Balaban J connectivity index is 1.75. The molecule has 1 aromatic carbocycles. The Labute approximate surface area is 116 Å². The molecule has 2 nitrogen and oxygen atoms in total. The van der Waals surface area contributed by atoms with Crippen LogP contribution in [0, 0.1) is 0 Å². The molecule has 0 bridgehead atoms. The van der Waals surface area contributed by atoms with E-state index in [-0.39, 0.29) is 6.04 Å². The number of rotatable bonds is 3. The fraction of sp³-hybridized carbons (Fsp3) is 0.400. The quantitative estimate of drug-likeness (QED) is 0.930. The Kier molecular flexibility index (Phi) is 3.37. The summed E-state index contributed by atoms with van der Waals surface area (Å²) in [7, 11) is 0. The van der Waals surface area contributed by atoms with Gasteiger partial charge in [0, 0.05) is 23.4 Å². The van der Waals surface area contributed by atoms with E-state index in [0.29, 0.717) is 19.3 Å². The summed E-state index contributed by atoms with van der Waals surface area (Å²) in [6.07, 6.45) is 2.22. The van der Waals surface area contributed by atoms with Crippen LogP contribution < -0.4 is 5.73 Å². The average Bonchev–Trinajstić information content (AvgIpc) is 2.98. The van der Waals surface area contributed by atoms with Gasteiger partial charge in [0.25, 0.3) is 0 Å². The second-order valence-electron chi connectivity index (χ2n) is 5.32. The predicted octanol–water partition coefficient (Wildman–Crippen LogP) is 3.57. The van der Waals surface area contributed by atoms with E-state index >= 15 is 0 Å². The van der Waals surface area contributed by atoms with Crippen LogP contribution in [0.1, 0.15) is 24.3 Å². The third-order valence-corrected chi connectivity index (χ3v) is 4.53. The minimum absolute atomic E-state index is 0.0126. The van der Waals surface area contributed by atoms with Gasteiger partial charge in [-0.1, -0.05) is 30.3 Å². The van der Waals surface area contributed by atoms with Crippen LogP contribution in [0.2, 0.25) is 0 Å². The molecule has 0 radical (unpaired) electrons. The fourth-order valence-corrected chi connectivity index (χ4v) is 3.61. The van der Waals surface area contributed by atoms with Crippen molar-refractivity contribution in [2.24, 2.45) is 5.73 Å². The van der Waals surface area contributed by atoms with Crippen LogP contribution in [-0.4, -0.2) is 16.7 Å². The van der Waals surface area contributed by atoms with Crippen molar-refractivity contribution < 1.29 is 4.39 Å². The molecule has 1 fully saturated rings. The number of hydrogen-bond acceptors (Lipinski definition) is 3. The van der Waals surface area contributed by atoms with E-state index in [1.807, 2.05) is 35.7 Å². The van der Waals surface area contributed by atoms with Gasteiger partial charge in [-0.3, -0.25) is 0 Å². The number of thiazole rings is 1. The second-order valence-corrected chi connectivity index (χ2v) is 6.27. The first kappa shape index (κ1) is 12.8. The molecule has 0 amide bonds. The lowest BCUT2D eigenvalue weighted by atomic mass is 10.0. The molecule has 0 aliphatic heterocycles. The zero-order valence-electron chi connectivity index (χ0n) is 10.7. The van der Waals surface area contributed by atoms with E-state index < -0.39 is 5.67 Å². The second kappa shape index (κ2) is 5.02. The first-order valence-electron chi connectivity index (χ1n) is 6.59. The largest absolute Gasteiger partial charge is 0.328 e. The first-order valence-corrected chi connectivity index (χ1v) is 7.47. The topological polar surface area (TPSA) is 38.9 Å². The Morgan fingerprint density at radius 2 is 2.16 bits per heavy atom. The van der Waals surface area contributed by atoms with E-state index in [4.69, 9.17) is 5.73 Å². The van der Waals surface area contributed by atoms with Crippen LogP contribution in [0.4, 0.5) is 4.39 Å². The van der Waals surface area contributed by atoms with E-state index in [1.165, 1.54) is 11.3 Å². The number of aromatic nitrogens is 1. The molecule has 2 unspecified atom stereocenters. The zero-order valence-corrected chi connectivity index (χ0v) is 11.5. The molecule has 2 N–H and O–H groups in total. The lowest BCUT2D eigenvalue weighted by molar-refractivity contribution is 0.170. The molecule has 2 atom stereocenters. The SMILES string of the molecule is NC1CCC(F)(Cc2nc(-c3ccccc3)cs2)C1. The normalized spacial score (nSPS) is 26.7. The molecule has 0 spiro atoms. The van der Waals surface area contributed by atoms with Gasteiger partial charge in [0.05, 0.1) is 10.7 Å². The molecule has 2 aromatic rings. The Morgan fingerprint density at radius 3 is 2.84 bits per heavy atom. The van der Waals surface area contributed by atoms with E-state index in [0.717, 1.165) is 22.7 Å². The Hall–Kier alpha value is -1.26. The average molecular weight is 276 g/mol. The minimum atomic E-state index is -1.15. The van der Waals surface area contributed by atoms with Gasteiger partial charge in [-0.05, 0) is 19.3 Å². The minimum Gasteiger partial charge on any atom is -0.328 e. The molecule has 1 heterocycles. The standard InChI is InChI=1S/C15H17FN2S/c16-15(7-6-12(17)8-15)9-14-18-13(10-19-14)11-4-2-1-3-5-11/h1-5,10,12H,6-9,17H2. The van der Waals surface area contributed by atoms with Gasteiger partial charge in [0.2, 0.25) is 0 Å². The smallest absolute Gasteiger partial charge is 0.119 e. The molecule has 1 aromatic heterocycles. The molecular formula is C15H17FN2S. The van der Waals surface area contributed by atoms with Crippen molar-refractivity contribution in [3.63, 3.8) is 0 Å². The maximum absolute atomic E-state index is 14.5. The van der Waals surface area contributed by atoms with E-state index in [9.17, 15) is 4.39 Å². The molecule has 3 rings (SSSR count). The molecule has 100 valence electrons. The summed E-state index contributed by atoms with van der Waals surface area (Å²) in [5.41, 5.74) is 6.68. The van der Waals surface area contributed by atoms with Crippen LogP contribution in [0.25, 0.3) is 11.3 Å². The molecule has 1 saturated carbocycles. The van der Waals surface area contributed by atoms with E-state index in [2.05, 4.69) is 4.98 Å². The maximum Gasteiger partial charge on any atom is 0.119 e. The molecule has 4 heteroatoms. The Bertz CT molecular complexity index is 554. The van der Waals surface area contributed by atoms with Crippen molar-refractivity contribution in [2.45, 2.75) is 37.4 Å². The molecular weight excluding hydrogens is 259 g/mol. The lowest BCUT2D eigenvalue weighted by Crippen LogP contribution is -2.25. The van der Waals surface area contributed by atoms with Gasteiger partial charge >= 0.3 is 0 Å². The van der Waals surface area contributed by atoms with Crippen molar-refractivity contribution >= 4 is 11.3 Å². The van der Waals surface area contributed by atoms with Crippen LogP contribution in [0.15, 0.2) is 35.7 Å². The highest BCUT2D eigenvalue weighted by molar-refractivity contribution is 7.09. The summed E-state index contributed by atoms with van der Waals surface area (Å²) in [6.45, 7) is 0. The van der Waals surface area contributed by atoms with E-state index in [1.54, 1.807) is 0 Å². The van der Waals surface area contributed by atoms with Crippen LogP contribution in [-0.2, 0) is 6.42 Å². The number of hydrogen-bond donors (Lipinski definition) is 1. The number of halogens is 1. The van der Waals surface area contributed by atoms with Gasteiger partial charge < -0.3 is 5.73 Å². The van der Waals surface area contributed by atoms with Crippen molar-refractivity contribution in [2.75, 3.05) is 0 Å². The van der Waals surface area contributed by atoms with Crippen molar-refractivity contribution in [1.82, 2.24) is 4.98 Å². The summed E-state index contributed by atoms with van der Waals surface area (Å²) in [6, 6.07) is 10.0. The molecule has 1 aliphatic rings. The highest BCUT2D eigenvalue weighted by atomic mass is 32.1.